The number of piperidine rings is 1. The standard InChI is InChI=1S/C15H19ClN2O2/c1-8-4-12(5-9(2)14(8)16)18-15(20)11-6-10(3)17-13(19)7-11/h4-5,10-11H,6-7H2,1-3H3,(H,17,19)(H,18,20). The second kappa shape index (κ2) is 5.83. The number of anilines is 1. The van der Waals surface area contributed by atoms with Crippen molar-refractivity contribution >= 4 is 29.1 Å². The van der Waals surface area contributed by atoms with Crippen LogP contribution in [0.5, 0.6) is 0 Å². The van der Waals surface area contributed by atoms with E-state index in [-0.39, 0.29) is 30.2 Å². The second-order valence-electron chi connectivity index (χ2n) is 5.52. The molecule has 0 aliphatic carbocycles. The molecule has 1 aromatic carbocycles. The van der Waals surface area contributed by atoms with E-state index in [2.05, 4.69) is 10.6 Å². The molecule has 2 amide bonds. The van der Waals surface area contributed by atoms with Crippen LogP contribution < -0.4 is 10.6 Å². The normalized spacial score (nSPS) is 22.3. The number of rotatable bonds is 2. The molecular formula is C15H19ClN2O2. The van der Waals surface area contributed by atoms with Crippen LogP contribution in [0.1, 0.15) is 30.9 Å². The van der Waals surface area contributed by atoms with E-state index in [4.69, 9.17) is 11.6 Å². The topological polar surface area (TPSA) is 58.2 Å². The van der Waals surface area contributed by atoms with Gasteiger partial charge in [-0.1, -0.05) is 11.6 Å². The lowest BCUT2D eigenvalue weighted by molar-refractivity contribution is -0.130. The molecule has 1 heterocycles. The summed E-state index contributed by atoms with van der Waals surface area (Å²) in [6.07, 6.45) is 0.921. The number of carbonyl (C=O) groups excluding carboxylic acids is 2. The van der Waals surface area contributed by atoms with Crippen molar-refractivity contribution in [2.24, 2.45) is 5.92 Å². The second-order valence-corrected chi connectivity index (χ2v) is 5.90. The third-order valence-corrected chi connectivity index (χ3v) is 4.15. The summed E-state index contributed by atoms with van der Waals surface area (Å²) in [7, 11) is 0. The minimum Gasteiger partial charge on any atom is -0.354 e. The van der Waals surface area contributed by atoms with Crippen LogP contribution in [0.15, 0.2) is 12.1 Å². The van der Waals surface area contributed by atoms with Crippen molar-refractivity contribution in [3.05, 3.63) is 28.3 Å². The molecular weight excluding hydrogens is 276 g/mol. The van der Waals surface area contributed by atoms with E-state index >= 15 is 0 Å². The van der Waals surface area contributed by atoms with Crippen LogP contribution in [0.4, 0.5) is 5.69 Å². The molecule has 1 aromatic rings. The highest BCUT2D eigenvalue weighted by molar-refractivity contribution is 6.32. The maximum absolute atomic E-state index is 12.2. The van der Waals surface area contributed by atoms with E-state index in [0.29, 0.717) is 11.4 Å². The summed E-state index contributed by atoms with van der Waals surface area (Å²) >= 11 is 6.11. The van der Waals surface area contributed by atoms with E-state index in [0.717, 1.165) is 16.8 Å². The minimum atomic E-state index is -0.268. The first-order valence-electron chi connectivity index (χ1n) is 6.73. The van der Waals surface area contributed by atoms with E-state index in [1.165, 1.54) is 0 Å². The maximum Gasteiger partial charge on any atom is 0.228 e. The van der Waals surface area contributed by atoms with Gasteiger partial charge in [0.15, 0.2) is 0 Å². The fraction of sp³-hybridized carbons (Fsp3) is 0.467. The highest BCUT2D eigenvalue weighted by Crippen LogP contribution is 2.26. The number of amides is 2. The monoisotopic (exact) mass is 294 g/mol. The van der Waals surface area contributed by atoms with Crippen molar-refractivity contribution in [3.8, 4) is 0 Å². The van der Waals surface area contributed by atoms with Crippen LogP contribution in [-0.2, 0) is 9.59 Å². The summed E-state index contributed by atoms with van der Waals surface area (Å²) in [4.78, 5) is 23.7. The smallest absolute Gasteiger partial charge is 0.228 e. The Morgan fingerprint density at radius 1 is 1.35 bits per heavy atom. The van der Waals surface area contributed by atoms with Gasteiger partial charge in [0, 0.05) is 29.1 Å². The number of halogens is 1. The molecule has 1 saturated heterocycles. The molecule has 2 rings (SSSR count). The number of carbonyl (C=O) groups is 2. The fourth-order valence-electron chi connectivity index (χ4n) is 2.59. The average Bonchev–Trinajstić information content (AvgIpc) is 2.34. The highest BCUT2D eigenvalue weighted by Gasteiger charge is 2.29. The Labute approximate surface area is 123 Å². The Bertz CT molecular complexity index is 534. The molecule has 1 aliphatic rings. The highest BCUT2D eigenvalue weighted by atomic mass is 35.5. The van der Waals surface area contributed by atoms with Gasteiger partial charge >= 0.3 is 0 Å². The Morgan fingerprint density at radius 2 is 1.95 bits per heavy atom. The van der Waals surface area contributed by atoms with Gasteiger partial charge in [-0.25, -0.2) is 0 Å². The summed E-state index contributed by atoms with van der Waals surface area (Å²) in [6.45, 7) is 5.72. The van der Waals surface area contributed by atoms with Crippen molar-refractivity contribution in [1.29, 1.82) is 0 Å². The van der Waals surface area contributed by atoms with Gasteiger partial charge in [0.1, 0.15) is 0 Å². The Kier molecular flexibility index (Phi) is 4.33. The largest absolute Gasteiger partial charge is 0.354 e. The molecule has 0 aromatic heterocycles. The molecule has 0 saturated carbocycles. The van der Waals surface area contributed by atoms with Gasteiger partial charge in [0.05, 0.1) is 0 Å². The van der Waals surface area contributed by atoms with Gasteiger partial charge in [0.25, 0.3) is 0 Å². The van der Waals surface area contributed by atoms with Gasteiger partial charge in [-0.15, -0.1) is 0 Å². The van der Waals surface area contributed by atoms with E-state index in [1.807, 2.05) is 32.9 Å². The molecule has 1 fully saturated rings. The number of hydrogen-bond acceptors (Lipinski definition) is 2. The lowest BCUT2D eigenvalue weighted by atomic mass is 9.92. The predicted octanol–water partition coefficient (Wildman–Crippen LogP) is 2.81. The van der Waals surface area contributed by atoms with Gasteiger partial charge in [-0.3, -0.25) is 9.59 Å². The Morgan fingerprint density at radius 3 is 2.50 bits per heavy atom. The zero-order valence-corrected chi connectivity index (χ0v) is 12.7. The predicted molar refractivity (Wildman–Crippen MR) is 79.9 cm³/mol. The molecule has 2 unspecified atom stereocenters. The summed E-state index contributed by atoms with van der Waals surface area (Å²) in [6, 6.07) is 3.74. The quantitative estimate of drug-likeness (QED) is 0.881. The van der Waals surface area contributed by atoms with Crippen molar-refractivity contribution in [2.45, 2.75) is 39.7 Å². The van der Waals surface area contributed by atoms with Gasteiger partial charge in [-0.2, -0.15) is 0 Å². The van der Waals surface area contributed by atoms with Crippen LogP contribution in [0.25, 0.3) is 0 Å². The fourth-order valence-corrected chi connectivity index (χ4v) is 2.70. The molecule has 20 heavy (non-hydrogen) atoms. The molecule has 4 nitrogen and oxygen atoms in total. The zero-order valence-electron chi connectivity index (χ0n) is 11.9. The number of nitrogens with one attached hydrogen (secondary N) is 2. The zero-order chi connectivity index (χ0) is 14.9. The third kappa shape index (κ3) is 3.31. The van der Waals surface area contributed by atoms with E-state index in [9.17, 15) is 9.59 Å². The lowest BCUT2D eigenvalue weighted by Gasteiger charge is -2.26. The third-order valence-electron chi connectivity index (χ3n) is 3.55. The van der Waals surface area contributed by atoms with Crippen LogP contribution in [-0.4, -0.2) is 17.9 Å². The first-order valence-corrected chi connectivity index (χ1v) is 7.11. The van der Waals surface area contributed by atoms with Crippen LogP contribution >= 0.6 is 11.6 Å². The van der Waals surface area contributed by atoms with E-state index < -0.39 is 0 Å². The molecule has 2 atom stereocenters. The average molecular weight is 295 g/mol. The van der Waals surface area contributed by atoms with Crippen LogP contribution in [0.2, 0.25) is 5.02 Å². The van der Waals surface area contributed by atoms with Crippen LogP contribution in [0.3, 0.4) is 0 Å². The molecule has 0 radical (unpaired) electrons. The van der Waals surface area contributed by atoms with Crippen LogP contribution in [0, 0.1) is 19.8 Å². The Balaban J connectivity index is 2.10. The number of hydrogen-bond donors (Lipinski definition) is 2. The summed E-state index contributed by atoms with van der Waals surface area (Å²) in [5, 5.41) is 6.42. The van der Waals surface area contributed by atoms with Gasteiger partial charge in [0.2, 0.25) is 11.8 Å². The number of aryl methyl sites for hydroxylation is 2. The molecule has 0 spiro atoms. The SMILES string of the molecule is Cc1cc(NC(=O)C2CC(=O)NC(C)C2)cc(C)c1Cl. The van der Waals surface area contributed by atoms with Crippen molar-refractivity contribution in [3.63, 3.8) is 0 Å². The van der Waals surface area contributed by atoms with Crippen molar-refractivity contribution in [2.75, 3.05) is 5.32 Å². The maximum atomic E-state index is 12.2. The summed E-state index contributed by atoms with van der Waals surface area (Å²) in [5.74, 6) is -0.435. The van der Waals surface area contributed by atoms with Gasteiger partial charge < -0.3 is 10.6 Å². The molecule has 1 aliphatic heterocycles. The summed E-state index contributed by atoms with van der Waals surface area (Å²) in [5.41, 5.74) is 2.58. The van der Waals surface area contributed by atoms with Crippen molar-refractivity contribution in [1.82, 2.24) is 5.32 Å². The molecule has 2 N–H and O–H groups in total. The molecule has 5 heteroatoms. The van der Waals surface area contributed by atoms with E-state index in [1.54, 1.807) is 0 Å². The number of benzene rings is 1. The summed E-state index contributed by atoms with van der Waals surface area (Å²) < 4.78 is 0. The van der Waals surface area contributed by atoms with Crippen molar-refractivity contribution < 1.29 is 9.59 Å². The molecule has 0 bridgehead atoms. The Hall–Kier alpha value is -1.55. The lowest BCUT2D eigenvalue weighted by Crippen LogP contribution is -2.44. The first kappa shape index (κ1) is 14.9. The van der Waals surface area contributed by atoms with Gasteiger partial charge in [-0.05, 0) is 50.5 Å². The first-order chi connectivity index (χ1) is 9.36. The minimum absolute atomic E-state index is 0.0423. The molecule has 108 valence electrons.